The standard InChI is InChI=1S/C24H16N2OS/c27-23(21-11-5-9-17-7-3-4-10-20(17)21)26-24-25-22(15-28-24)19-13-12-16-6-1-2-8-18(16)14-19/h1-15H,(H,25,26,27). The van der Waals surface area contributed by atoms with E-state index in [-0.39, 0.29) is 5.91 Å². The molecule has 0 aliphatic carbocycles. The molecule has 1 heterocycles. The predicted molar refractivity (Wildman–Crippen MR) is 117 cm³/mol. The Morgan fingerprint density at radius 2 is 1.54 bits per heavy atom. The van der Waals surface area contributed by atoms with E-state index in [0.29, 0.717) is 10.7 Å². The number of anilines is 1. The molecule has 1 aromatic heterocycles. The van der Waals surface area contributed by atoms with Gasteiger partial charge in [0.1, 0.15) is 0 Å². The van der Waals surface area contributed by atoms with Crippen LogP contribution in [-0.4, -0.2) is 10.9 Å². The highest BCUT2D eigenvalue weighted by molar-refractivity contribution is 7.14. The van der Waals surface area contributed by atoms with Gasteiger partial charge in [-0.05, 0) is 33.7 Å². The Morgan fingerprint density at radius 3 is 2.43 bits per heavy atom. The number of benzene rings is 4. The number of fused-ring (bicyclic) bond motifs is 2. The predicted octanol–water partition coefficient (Wildman–Crippen LogP) is 6.37. The normalized spacial score (nSPS) is 11.0. The molecule has 0 fully saturated rings. The van der Waals surface area contributed by atoms with Gasteiger partial charge in [-0.25, -0.2) is 4.98 Å². The van der Waals surface area contributed by atoms with Crippen molar-refractivity contribution in [1.82, 2.24) is 4.98 Å². The second kappa shape index (κ2) is 6.91. The molecule has 0 saturated carbocycles. The first kappa shape index (κ1) is 16.7. The van der Waals surface area contributed by atoms with E-state index < -0.39 is 0 Å². The van der Waals surface area contributed by atoms with Crippen LogP contribution in [0.5, 0.6) is 0 Å². The molecular weight excluding hydrogens is 364 g/mol. The van der Waals surface area contributed by atoms with Crippen molar-refractivity contribution in [2.45, 2.75) is 0 Å². The molecule has 0 aliphatic heterocycles. The van der Waals surface area contributed by atoms with Crippen molar-refractivity contribution < 1.29 is 4.79 Å². The molecule has 3 nitrogen and oxygen atoms in total. The van der Waals surface area contributed by atoms with Gasteiger partial charge in [0.15, 0.2) is 5.13 Å². The summed E-state index contributed by atoms with van der Waals surface area (Å²) in [5.41, 5.74) is 2.56. The minimum atomic E-state index is -0.142. The largest absolute Gasteiger partial charge is 0.298 e. The fourth-order valence-electron chi connectivity index (χ4n) is 3.40. The fraction of sp³-hybridized carbons (Fsp3) is 0. The number of aromatic nitrogens is 1. The third-order valence-corrected chi connectivity index (χ3v) is 5.56. The van der Waals surface area contributed by atoms with Crippen molar-refractivity contribution in [3.8, 4) is 11.3 Å². The molecule has 0 spiro atoms. The van der Waals surface area contributed by atoms with Crippen molar-refractivity contribution in [3.05, 3.63) is 95.9 Å². The lowest BCUT2D eigenvalue weighted by Crippen LogP contribution is -2.12. The first-order valence-electron chi connectivity index (χ1n) is 9.02. The molecule has 0 radical (unpaired) electrons. The number of thiazole rings is 1. The van der Waals surface area contributed by atoms with E-state index in [9.17, 15) is 4.79 Å². The Balaban J connectivity index is 1.43. The Labute approximate surface area is 166 Å². The van der Waals surface area contributed by atoms with Crippen LogP contribution in [0.25, 0.3) is 32.8 Å². The Bertz CT molecular complexity index is 1320. The molecule has 0 unspecified atom stereocenters. The fourth-order valence-corrected chi connectivity index (χ4v) is 4.11. The molecule has 4 heteroatoms. The van der Waals surface area contributed by atoms with Crippen LogP contribution in [0.2, 0.25) is 0 Å². The lowest BCUT2D eigenvalue weighted by molar-refractivity contribution is 0.102. The minimum absolute atomic E-state index is 0.142. The van der Waals surface area contributed by atoms with Crippen LogP contribution in [0.15, 0.2) is 90.3 Å². The monoisotopic (exact) mass is 380 g/mol. The van der Waals surface area contributed by atoms with E-state index >= 15 is 0 Å². The van der Waals surface area contributed by atoms with Gasteiger partial charge in [0.2, 0.25) is 0 Å². The summed E-state index contributed by atoms with van der Waals surface area (Å²) in [6, 6.07) is 28.2. The second-order valence-corrected chi connectivity index (χ2v) is 7.44. The van der Waals surface area contributed by atoms with E-state index in [1.54, 1.807) is 0 Å². The summed E-state index contributed by atoms with van der Waals surface area (Å²) in [4.78, 5) is 17.4. The summed E-state index contributed by atoms with van der Waals surface area (Å²) in [5, 5.41) is 9.88. The molecule has 1 N–H and O–H groups in total. The maximum absolute atomic E-state index is 12.8. The Morgan fingerprint density at radius 1 is 0.786 bits per heavy atom. The van der Waals surface area contributed by atoms with Crippen LogP contribution in [0.3, 0.4) is 0 Å². The molecule has 4 aromatic carbocycles. The smallest absolute Gasteiger partial charge is 0.258 e. The average Bonchev–Trinajstić information content (AvgIpc) is 3.21. The third kappa shape index (κ3) is 3.04. The Kier molecular flexibility index (Phi) is 4.11. The average molecular weight is 380 g/mol. The van der Waals surface area contributed by atoms with E-state index in [4.69, 9.17) is 0 Å². The number of hydrogen-bond acceptors (Lipinski definition) is 3. The first-order chi connectivity index (χ1) is 13.8. The molecule has 0 aliphatic rings. The van der Waals surface area contributed by atoms with Gasteiger partial charge in [0, 0.05) is 16.5 Å². The van der Waals surface area contributed by atoms with Crippen LogP contribution in [0.4, 0.5) is 5.13 Å². The topological polar surface area (TPSA) is 42.0 Å². The highest BCUT2D eigenvalue weighted by Gasteiger charge is 2.12. The summed E-state index contributed by atoms with van der Waals surface area (Å²) in [6.07, 6.45) is 0. The molecule has 28 heavy (non-hydrogen) atoms. The number of nitrogens with zero attached hydrogens (tertiary/aromatic N) is 1. The van der Waals surface area contributed by atoms with E-state index in [1.165, 1.54) is 22.1 Å². The molecule has 5 rings (SSSR count). The molecule has 0 bridgehead atoms. The number of amides is 1. The van der Waals surface area contributed by atoms with Crippen molar-refractivity contribution in [2.75, 3.05) is 5.32 Å². The number of nitrogens with one attached hydrogen (secondary N) is 1. The van der Waals surface area contributed by atoms with Crippen LogP contribution in [0.1, 0.15) is 10.4 Å². The molecule has 134 valence electrons. The first-order valence-corrected chi connectivity index (χ1v) is 9.90. The van der Waals surface area contributed by atoms with Crippen molar-refractivity contribution in [2.24, 2.45) is 0 Å². The number of hydrogen-bond donors (Lipinski definition) is 1. The SMILES string of the molecule is O=C(Nc1nc(-c2ccc3ccccc3c2)cs1)c1cccc2ccccc12. The van der Waals surface area contributed by atoms with Gasteiger partial charge in [-0.15, -0.1) is 11.3 Å². The second-order valence-electron chi connectivity index (χ2n) is 6.58. The zero-order valence-corrected chi connectivity index (χ0v) is 15.7. The van der Waals surface area contributed by atoms with E-state index in [0.717, 1.165) is 22.0 Å². The minimum Gasteiger partial charge on any atom is -0.298 e. The van der Waals surface area contributed by atoms with Crippen LogP contribution in [-0.2, 0) is 0 Å². The van der Waals surface area contributed by atoms with E-state index in [1.807, 2.05) is 60.0 Å². The summed E-state index contributed by atoms with van der Waals surface area (Å²) >= 11 is 1.44. The number of carbonyl (C=O) groups is 1. The van der Waals surface area contributed by atoms with Crippen LogP contribution < -0.4 is 5.32 Å². The van der Waals surface area contributed by atoms with Gasteiger partial charge < -0.3 is 0 Å². The lowest BCUT2D eigenvalue weighted by atomic mass is 10.0. The molecule has 0 saturated heterocycles. The van der Waals surface area contributed by atoms with Gasteiger partial charge in [-0.1, -0.05) is 72.8 Å². The maximum atomic E-state index is 12.8. The lowest BCUT2D eigenvalue weighted by Gasteiger charge is -2.06. The Hall–Kier alpha value is -3.50. The summed E-state index contributed by atoms with van der Waals surface area (Å²) < 4.78 is 0. The molecule has 5 aromatic rings. The molecule has 1 amide bonds. The number of carbonyl (C=O) groups excluding carboxylic acids is 1. The zero-order chi connectivity index (χ0) is 18.9. The zero-order valence-electron chi connectivity index (χ0n) is 14.9. The van der Waals surface area contributed by atoms with Crippen molar-refractivity contribution >= 4 is 43.9 Å². The van der Waals surface area contributed by atoms with Gasteiger partial charge in [-0.2, -0.15) is 0 Å². The van der Waals surface area contributed by atoms with Crippen LogP contribution >= 0.6 is 11.3 Å². The molecular formula is C24H16N2OS. The van der Waals surface area contributed by atoms with Gasteiger partial charge in [0.25, 0.3) is 5.91 Å². The van der Waals surface area contributed by atoms with E-state index in [2.05, 4.69) is 40.6 Å². The van der Waals surface area contributed by atoms with Crippen molar-refractivity contribution in [3.63, 3.8) is 0 Å². The van der Waals surface area contributed by atoms with Crippen LogP contribution in [0, 0.1) is 0 Å². The highest BCUT2D eigenvalue weighted by Crippen LogP contribution is 2.28. The molecule has 0 atom stereocenters. The summed E-state index contributed by atoms with van der Waals surface area (Å²) in [7, 11) is 0. The van der Waals surface area contributed by atoms with Crippen molar-refractivity contribution in [1.29, 1.82) is 0 Å². The summed E-state index contributed by atoms with van der Waals surface area (Å²) in [5.74, 6) is -0.142. The highest BCUT2D eigenvalue weighted by atomic mass is 32.1. The maximum Gasteiger partial charge on any atom is 0.258 e. The third-order valence-electron chi connectivity index (χ3n) is 4.80. The number of rotatable bonds is 3. The van der Waals surface area contributed by atoms with Gasteiger partial charge in [-0.3, -0.25) is 10.1 Å². The van der Waals surface area contributed by atoms with Gasteiger partial charge >= 0.3 is 0 Å². The quantitative estimate of drug-likeness (QED) is 0.395. The summed E-state index contributed by atoms with van der Waals surface area (Å²) in [6.45, 7) is 0. The van der Waals surface area contributed by atoms with Gasteiger partial charge in [0.05, 0.1) is 5.69 Å².